The lowest BCUT2D eigenvalue weighted by Crippen LogP contribution is -3.11. The van der Waals surface area contributed by atoms with E-state index in [0.29, 0.717) is 11.5 Å². The van der Waals surface area contributed by atoms with Gasteiger partial charge in [-0.2, -0.15) is 0 Å². The van der Waals surface area contributed by atoms with E-state index in [0.717, 1.165) is 17.1 Å². The van der Waals surface area contributed by atoms with Crippen LogP contribution in [-0.2, 0) is 34.1 Å². The Labute approximate surface area is 225 Å². The number of hydrogen-bond acceptors (Lipinski definition) is 10. The lowest BCUT2D eigenvalue weighted by Gasteiger charge is -2.20. The highest BCUT2D eigenvalue weighted by molar-refractivity contribution is 8.76. The molecule has 0 aliphatic carbocycles. The molecular formula is C21H36N4O9S3. The molecule has 1 unspecified atom stereocenters. The summed E-state index contributed by atoms with van der Waals surface area (Å²) in [5.41, 5.74) is 0. The van der Waals surface area contributed by atoms with Crippen molar-refractivity contribution in [1.29, 1.82) is 0 Å². The summed E-state index contributed by atoms with van der Waals surface area (Å²) in [4.78, 5) is 59.4. The molecule has 1 aliphatic heterocycles. The molecule has 1 atom stereocenters. The molecule has 4 amide bonds. The third-order valence-corrected chi connectivity index (χ3v) is 8.54. The van der Waals surface area contributed by atoms with Gasteiger partial charge in [-0.05, 0) is 20.8 Å². The Morgan fingerprint density at radius 3 is 2.00 bits per heavy atom. The van der Waals surface area contributed by atoms with Gasteiger partial charge in [0.15, 0.2) is 0 Å². The highest BCUT2D eigenvalue weighted by Gasteiger charge is 2.27. The van der Waals surface area contributed by atoms with Crippen molar-refractivity contribution >= 4 is 61.3 Å². The number of nitrogens with one attached hydrogen (secondary N) is 3. The van der Waals surface area contributed by atoms with Crippen LogP contribution in [0.4, 0.5) is 0 Å². The Bertz CT molecular complexity index is 885. The van der Waals surface area contributed by atoms with Crippen LogP contribution in [0.25, 0.3) is 0 Å². The van der Waals surface area contributed by atoms with Crippen LogP contribution < -0.4 is 15.5 Å². The predicted molar refractivity (Wildman–Crippen MR) is 140 cm³/mol. The van der Waals surface area contributed by atoms with Gasteiger partial charge in [0.05, 0.1) is 26.1 Å². The highest BCUT2D eigenvalue weighted by atomic mass is 33.1. The number of quaternary nitrogens is 1. The maximum atomic E-state index is 12.0. The van der Waals surface area contributed by atoms with Gasteiger partial charge >= 0.3 is 5.97 Å². The van der Waals surface area contributed by atoms with Crippen molar-refractivity contribution in [1.82, 2.24) is 15.5 Å². The van der Waals surface area contributed by atoms with E-state index in [1.807, 2.05) is 0 Å². The van der Waals surface area contributed by atoms with Crippen LogP contribution in [0.15, 0.2) is 12.2 Å². The van der Waals surface area contributed by atoms with Gasteiger partial charge in [-0.1, -0.05) is 21.6 Å². The minimum absolute atomic E-state index is 0.0170. The number of carboxylic acid groups (broad SMARTS) is 1. The van der Waals surface area contributed by atoms with Crippen molar-refractivity contribution in [3.05, 3.63) is 12.2 Å². The number of carbonyl (C=O) groups is 5. The van der Waals surface area contributed by atoms with E-state index in [1.165, 1.54) is 41.2 Å². The van der Waals surface area contributed by atoms with Crippen molar-refractivity contribution in [2.24, 2.45) is 0 Å². The summed E-state index contributed by atoms with van der Waals surface area (Å²) >= 11 is 0. The summed E-state index contributed by atoms with van der Waals surface area (Å²) < 4.78 is 34.0. The van der Waals surface area contributed by atoms with Gasteiger partial charge in [0.1, 0.15) is 15.4 Å². The predicted octanol–water partition coefficient (Wildman–Crippen LogP) is -1.77. The molecule has 212 valence electrons. The standard InChI is InChI=1S/C15H21N3O9S3.C6H15N/c19-11(3-6-18-12(20)1-2-13(18)21)17-9-10(30(25,26)27)15(24)16-5-8-29-28-7-4-14(22)23;1-4-7(5-2)6-3/h1-2,10H,3-9H2,(H,16,24)(H,17,19)(H,22,23)(H,25,26,27);4-6H2,1-3H3. The van der Waals surface area contributed by atoms with Crippen LogP contribution in [0.2, 0.25) is 0 Å². The van der Waals surface area contributed by atoms with Gasteiger partial charge in [-0.25, -0.2) is 8.42 Å². The van der Waals surface area contributed by atoms with Gasteiger partial charge in [-0.15, -0.1) is 0 Å². The van der Waals surface area contributed by atoms with Crippen LogP contribution in [-0.4, -0.2) is 109 Å². The Hall–Kier alpha value is -2.14. The van der Waals surface area contributed by atoms with Crippen LogP contribution >= 0.6 is 21.6 Å². The maximum Gasteiger partial charge on any atom is 0.304 e. The zero-order chi connectivity index (χ0) is 28.4. The number of rotatable bonds is 17. The van der Waals surface area contributed by atoms with E-state index in [-0.39, 0.29) is 25.9 Å². The summed E-state index contributed by atoms with van der Waals surface area (Å²) in [6, 6.07) is 0. The minimum Gasteiger partial charge on any atom is -0.747 e. The van der Waals surface area contributed by atoms with Gasteiger partial charge in [0.2, 0.25) is 11.8 Å². The molecule has 1 aliphatic rings. The molecular weight excluding hydrogens is 548 g/mol. The number of amides is 4. The van der Waals surface area contributed by atoms with Gasteiger partial charge < -0.3 is 25.2 Å². The second-order valence-corrected chi connectivity index (χ2v) is 11.8. The van der Waals surface area contributed by atoms with Crippen molar-refractivity contribution in [3.63, 3.8) is 0 Å². The van der Waals surface area contributed by atoms with Crippen LogP contribution in [0, 0.1) is 0 Å². The molecule has 0 radical (unpaired) electrons. The van der Waals surface area contributed by atoms with Crippen LogP contribution in [0.5, 0.6) is 0 Å². The Morgan fingerprint density at radius 1 is 1.00 bits per heavy atom. The van der Waals surface area contributed by atoms with E-state index < -0.39 is 51.5 Å². The molecule has 16 heteroatoms. The third kappa shape index (κ3) is 15.7. The fourth-order valence-electron chi connectivity index (χ4n) is 2.81. The first-order valence-electron chi connectivity index (χ1n) is 11.7. The topological polar surface area (TPSA) is 195 Å². The lowest BCUT2D eigenvalue weighted by molar-refractivity contribution is -0.894. The number of aliphatic carboxylic acids is 1. The maximum absolute atomic E-state index is 12.0. The van der Waals surface area contributed by atoms with E-state index in [2.05, 4.69) is 31.4 Å². The van der Waals surface area contributed by atoms with E-state index in [9.17, 15) is 36.9 Å². The quantitative estimate of drug-likeness (QED) is 0.0654. The number of imide groups is 1. The van der Waals surface area contributed by atoms with E-state index in [1.54, 1.807) is 4.90 Å². The van der Waals surface area contributed by atoms with Crippen LogP contribution in [0.3, 0.4) is 0 Å². The average molecular weight is 585 g/mol. The molecule has 0 bridgehead atoms. The summed E-state index contributed by atoms with van der Waals surface area (Å²) in [5, 5.41) is 10.9. The van der Waals surface area contributed by atoms with E-state index >= 15 is 0 Å². The molecule has 0 fully saturated rings. The molecule has 37 heavy (non-hydrogen) atoms. The zero-order valence-corrected chi connectivity index (χ0v) is 23.6. The smallest absolute Gasteiger partial charge is 0.304 e. The lowest BCUT2D eigenvalue weighted by atomic mass is 10.3. The summed E-state index contributed by atoms with van der Waals surface area (Å²) in [5.74, 6) is -3.19. The first-order chi connectivity index (χ1) is 17.4. The minimum atomic E-state index is -5.05. The number of carboxylic acids is 1. The first-order valence-corrected chi connectivity index (χ1v) is 15.7. The van der Waals surface area contributed by atoms with Gasteiger partial charge in [-0.3, -0.25) is 28.9 Å². The molecule has 13 nitrogen and oxygen atoms in total. The molecule has 0 aromatic heterocycles. The number of carbonyl (C=O) groups excluding carboxylic acids is 4. The molecule has 0 aromatic rings. The third-order valence-electron chi connectivity index (χ3n) is 5.06. The Balaban J connectivity index is 0.00000161. The van der Waals surface area contributed by atoms with Crippen molar-refractivity contribution in [2.75, 3.05) is 50.8 Å². The van der Waals surface area contributed by atoms with Crippen LogP contribution in [0.1, 0.15) is 33.6 Å². The molecule has 0 saturated heterocycles. The van der Waals surface area contributed by atoms with Crippen molar-refractivity contribution in [2.45, 2.75) is 38.9 Å². The molecule has 0 spiro atoms. The number of hydrogen-bond donors (Lipinski definition) is 4. The molecule has 4 N–H and O–H groups in total. The van der Waals surface area contributed by atoms with Gasteiger partial charge in [0, 0.05) is 49.7 Å². The monoisotopic (exact) mass is 584 g/mol. The fraction of sp³-hybridized carbons (Fsp3) is 0.667. The summed E-state index contributed by atoms with van der Waals surface area (Å²) in [6.45, 7) is 9.54. The second-order valence-electron chi connectivity index (χ2n) is 7.59. The SMILES string of the molecule is CC[NH+](CC)CC.O=C(O)CCSSCCNC(=O)C(CNC(=O)CCN1C(=O)C=CC1=O)S(=O)(=O)[O-]. The van der Waals surface area contributed by atoms with Crippen molar-refractivity contribution < 1.29 is 46.9 Å². The van der Waals surface area contributed by atoms with E-state index in [4.69, 9.17) is 5.11 Å². The Morgan fingerprint density at radius 2 is 1.54 bits per heavy atom. The Kier molecular flexibility index (Phi) is 17.9. The average Bonchev–Trinajstić information content (AvgIpc) is 3.14. The largest absolute Gasteiger partial charge is 0.747 e. The number of nitrogens with zero attached hydrogens (tertiary/aromatic N) is 1. The van der Waals surface area contributed by atoms with Gasteiger partial charge in [0.25, 0.3) is 11.8 Å². The second kappa shape index (κ2) is 19.0. The normalized spacial score (nSPS) is 13.8. The van der Waals surface area contributed by atoms with Crippen molar-refractivity contribution in [3.8, 4) is 0 Å². The molecule has 1 rings (SSSR count). The highest BCUT2D eigenvalue weighted by Crippen LogP contribution is 2.20. The fourth-order valence-corrected chi connectivity index (χ4v) is 5.33. The molecule has 0 saturated carbocycles. The summed E-state index contributed by atoms with van der Waals surface area (Å²) in [7, 11) is -2.51. The molecule has 0 aromatic carbocycles. The summed E-state index contributed by atoms with van der Waals surface area (Å²) in [6.07, 6.45) is 1.76. The first kappa shape index (κ1) is 34.9. The zero-order valence-electron chi connectivity index (χ0n) is 21.2. The molecule has 1 heterocycles.